The molecule has 0 aliphatic rings. The van der Waals surface area contributed by atoms with Crippen LogP contribution in [0.25, 0.3) is 0 Å². The second-order valence-electron chi connectivity index (χ2n) is 11.5. The first-order chi connectivity index (χ1) is 16.6. The number of unbranched alkanes of at least 4 members (excludes halogenated alkanes) is 19. The summed E-state index contributed by atoms with van der Waals surface area (Å²) < 4.78 is 0. The minimum absolute atomic E-state index is 0.804. The summed E-state index contributed by atoms with van der Waals surface area (Å²) in [5.41, 5.74) is 1.64. The predicted octanol–water partition coefficient (Wildman–Crippen LogP) is 11.7. The molecule has 0 heterocycles. The molecule has 0 saturated heterocycles. The molecule has 0 amide bonds. The highest BCUT2D eigenvalue weighted by Gasteiger charge is 2.10. The topological polar surface area (TPSA) is 3.24 Å². The average molecular weight is 478 g/mol. The van der Waals surface area contributed by atoms with Gasteiger partial charge in [-0.2, -0.15) is 0 Å². The first-order valence-electron chi connectivity index (χ1n) is 15.9. The van der Waals surface area contributed by atoms with E-state index in [2.05, 4.69) is 45.8 Å². The summed E-state index contributed by atoms with van der Waals surface area (Å²) in [7, 11) is 4.57. The van der Waals surface area contributed by atoms with E-state index in [0.717, 1.165) is 6.04 Å². The largest absolute Gasteiger partial charge is 0.306 e. The van der Waals surface area contributed by atoms with Crippen LogP contribution in [0.3, 0.4) is 0 Å². The van der Waals surface area contributed by atoms with Crippen molar-refractivity contribution in [2.24, 2.45) is 0 Å². The number of allylic oxidation sites excluding steroid dienone is 2. The molecule has 0 aromatic carbocycles. The zero-order valence-corrected chi connectivity index (χ0v) is 24.8. The molecule has 0 rings (SSSR count). The quantitative estimate of drug-likeness (QED) is 0.0839. The minimum atomic E-state index is 0.804. The van der Waals surface area contributed by atoms with Gasteiger partial charge in [-0.05, 0) is 59.5 Å². The van der Waals surface area contributed by atoms with Crippen LogP contribution in [0.5, 0.6) is 0 Å². The molecule has 0 aromatic rings. The van der Waals surface area contributed by atoms with Gasteiger partial charge in [0.15, 0.2) is 0 Å². The second-order valence-corrected chi connectivity index (χ2v) is 11.5. The zero-order valence-electron chi connectivity index (χ0n) is 24.8. The Morgan fingerprint density at radius 1 is 0.529 bits per heavy atom. The van der Waals surface area contributed by atoms with Gasteiger partial charge in [0.2, 0.25) is 0 Å². The number of rotatable bonds is 27. The van der Waals surface area contributed by atoms with Crippen molar-refractivity contribution in [3.05, 3.63) is 11.6 Å². The van der Waals surface area contributed by atoms with Gasteiger partial charge < -0.3 is 4.90 Å². The van der Waals surface area contributed by atoms with Crippen LogP contribution < -0.4 is 0 Å². The van der Waals surface area contributed by atoms with Crippen molar-refractivity contribution in [2.45, 2.75) is 187 Å². The molecule has 1 heteroatoms. The Balaban J connectivity index is 3.56. The van der Waals surface area contributed by atoms with E-state index in [4.69, 9.17) is 0 Å². The molecule has 0 aliphatic heterocycles. The summed E-state index contributed by atoms with van der Waals surface area (Å²) in [5, 5.41) is 0. The molecule has 0 bridgehead atoms. The maximum atomic E-state index is 2.54. The van der Waals surface area contributed by atoms with E-state index in [0.29, 0.717) is 0 Å². The Morgan fingerprint density at radius 3 is 1.35 bits per heavy atom. The summed E-state index contributed by atoms with van der Waals surface area (Å²) in [6.45, 7) is 6.97. The smallest absolute Gasteiger partial charge is 0.00891 e. The van der Waals surface area contributed by atoms with Crippen LogP contribution in [0.1, 0.15) is 181 Å². The molecule has 0 fully saturated rings. The molecule has 204 valence electrons. The van der Waals surface area contributed by atoms with Gasteiger partial charge in [0, 0.05) is 6.04 Å². The Labute approximate surface area is 217 Å². The van der Waals surface area contributed by atoms with Gasteiger partial charge >= 0.3 is 0 Å². The van der Waals surface area contributed by atoms with Gasteiger partial charge in [0.1, 0.15) is 0 Å². The van der Waals surface area contributed by atoms with E-state index >= 15 is 0 Å². The molecule has 0 aromatic heterocycles. The molecule has 0 N–H and O–H groups in total. The van der Waals surface area contributed by atoms with Crippen LogP contribution in [0, 0.1) is 0 Å². The van der Waals surface area contributed by atoms with E-state index in [1.54, 1.807) is 5.57 Å². The molecule has 34 heavy (non-hydrogen) atoms. The fourth-order valence-corrected chi connectivity index (χ4v) is 5.22. The SMILES string of the molecule is CCCCCCCCCCCC/C(C)=C/CCCCCCC(CCCCCCCCC)N(C)C. The summed E-state index contributed by atoms with van der Waals surface area (Å²) in [6.07, 6.45) is 38.0. The Hall–Kier alpha value is -0.300. The third-order valence-corrected chi connectivity index (χ3v) is 7.78. The third kappa shape index (κ3) is 24.8. The van der Waals surface area contributed by atoms with Crippen molar-refractivity contribution in [1.82, 2.24) is 4.90 Å². The van der Waals surface area contributed by atoms with Crippen molar-refractivity contribution in [2.75, 3.05) is 14.1 Å². The lowest BCUT2D eigenvalue weighted by atomic mass is 9.99. The summed E-state index contributed by atoms with van der Waals surface area (Å²) in [6, 6.07) is 0.804. The molecule has 1 nitrogen and oxygen atoms in total. The van der Waals surface area contributed by atoms with E-state index in [9.17, 15) is 0 Å². The van der Waals surface area contributed by atoms with E-state index in [1.165, 1.54) is 161 Å². The lowest BCUT2D eigenvalue weighted by Crippen LogP contribution is -2.27. The third-order valence-electron chi connectivity index (χ3n) is 7.78. The van der Waals surface area contributed by atoms with Gasteiger partial charge in [0.05, 0.1) is 0 Å². The minimum Gasteiger partial charge on any atom is -0.306 e. The van der Waals surface area contributed by atoms with Crippen molar-refractivity contribution in [1.29, 1.82) is 0 Å². The summed E-state index contributed by atoms with van der Waals surface area (Å²) in [4.78, 5) is 2.48. The van der Waals surface area contributed by atoms with Gasteiger partial charge in [-0.15, -0.1) is 0 Å². The predicted molar refractivity (Wildman–Crippen MR) is 158 cm³/mol. The maximum Gasteiger partial charge on any atom is 0.00891 e. The van der Waals surface area contributed by atoms with Crippen molar-refractivity contribution in [3.63, 3.8) is 0 Å². The van der Waals surface area contributed by atoms with Crippen LogP contribution >= 0.6 is 0 Å². The molecular weight excluding hydrogens is 410 g/mol. The number of hydrogen-bond donors (Lipinski definition) is 0. The van der Waals surface area contributed by atoms with Crippen LogP contribution in [-0.2, 0) is 0 Å². The van der Waals surface area contributed by atoms with Crippen LogP contribution in [0.2, 0.25) is 0 Å². The van der Waals surface area contributed by atoms with Crippen molar-refractivity contribution >= 4 is 0 Å². The number of hydrogen-bond acceptors (Lipinski definition) is 1. The van der Waals surface area contributed by atoms with Gasteiger partial charge in [-0.3, -0.25) is 0 Å². The normalized spacial score (nSPS) is 13.2. The first-order valence-corrected chi connectivity index (χ1v) is 15.9. The average Bonchev–Trinajstić information content (AvgIpc) is 2.82. The highest BCUT2D eigenvalue weighted by molar-refractivity contribution is 4.97. The maximum absolute atomic E-state index is 2.54. The van der Waals surface area contributed by atoms with E-state index in [-0.39, 0.29) is 0 Å². The Kier molecular flexibility index (Phi) is 27.0. The lowest BCUT2D eigenvalue weighted by molar-refractivity contribution is 0.251. The van der Waals surface area contributed by atoms with Crippen LogP contribution in [0.4, 0.5) is 0 Å². The van der Waals surface area contributed by atoms with Crippen LogP contribution in [0.15, 0.2) is 11.6 Å². The van der Waals surface area contributed by atoms with Gasteiger partial charge in [-0.25, -0.2) is 0 Å². The fraction of sp³-hybridized carbons (Fsp3) is 0.939. The molecule has 0 radical (unpaired) electrons. The molecular formula is C33H67N. The van der Waals surface area contributed by atoms with Gasteiger partial charge in [-0.1, -0.05) is 147 Å². The standard InChI is InChI=1S/C33H67N/c1-6-8-10-12-14-15-16-18-20-24-28-32(3)29-25-21-19-23-27-31-33(34(4)5)30-26-22-17-13-11-9-7-2/h29,33H,6-28,30-31H2,1-5H3/b32-29+. The Bertz CT molecular complexity index is 411. The van der Waals surface area contributed by atoms with Crippen molar-refractivity contribution in [3.8, 4) is 0 Å². The highest BCUT2D eigenvalue weighted by atomic mass is 15.1. The summed E-state index contributed by atoms with van der Waals surface area (Å²) >= 11 is 0. The zero-order chi connectivity index (χ0) is 25.1. The highest BCUT2D eigenvalue weighted by Crippen LogP contribution is 2.18. The first kappa shape index (κ1) is 33.7. The van der Waals surface area contributed by atoms with E-state index in [1.807, 2.05) is 0 Å². The fourth-order valence-electron chi connectivity index (χ4n) is 5.22. The van der Waals surface area contributed by atoms with Crippen LogP contribution in [-0.4, -0.2) is 25.0 Å². The van der Waals surface area contributed by atoms with Crippen molar-refractivity contribution < 1.29 is 0 Å². The molecule has 1 atom stereocenters. The molecule has 1 unspecified atom stereocenters. The molecule has 0 aliphatic carbocycles. The summed E-state index contributed by atoms with van der Waals surface area (Å²) in [5.74, 6) is 0. The molecule has 0 spiro atoms. The Morgan fingerprint density at radius 2 is 0.912 bits per heavy atom. The molecule has 0 saturated carbocycles. The van der Waals surface area contributed by atoms with E-state index < -0.39 is 0 Å². The lowest BCUT2D eigenvalue weighted by Gasteiger charge is -2.24. The number of nitrogens with zero attached hydrogens (tertiary/aromatic N) is 1. The second kappa shape index (κ2) is 27.3. The monoisotopic (exact) mass is 478 g/mol. The van der Waals surface area contributed by atoms with Gasteiger partial charge in [0.25, 0.3) is 0 Å².